The Balaban J connectivity index is 0.000000205. The van der Waals surface area contributed by atoms with Gasteiger partial charge >= 0.3 is 12.3 Å². The molecule has 4 aliphatic carbocycles. The molecule has 1 heterocycles. The Morgan fingerprint density at radius 1 is 0.826 bits per heavy atom. The highest BCUT2D eigenvalue weighted by Crippen LogP contribution is 2.62. The van der Waals surface area contributed by atoms with Gasteiger partial charge in [-0.25, -0.2) is 9.59 Å². The van der Waals surface area contributed by atoms with Crippen LogP contribution in [0.1, 0.15) is 51.4 Å². The lowest BCUT2D eigenvalue weighted by atomic mass is 9.48. The second-order valence-corrected chi connectivity index (χ2v) is 7.35. The minimum absolute atomic E-state index is 0.658. The van der Waals surface area contributed by atoms with Gasteiger partial charge in [-0.3, -0.25) is 0 Å². The van der Waals surface area contributed by atoms with Gasteiger partial charge in [-0.15, -0.1) is 0 Å². The minimum atomic E-state index is -1.83. The van der Waals surface area contributed by atoms with Crippen LogP contribution in [0.2, 0.25) is 0 Å². The van der Waals surface area contributed by atoms with Gasteiger partial charge in [-0.2, -0.15) is 0 Å². The minimum Gasteiger partial charge on any atom is -0.450 e. The van der Waals surface area contributed by atoms with E-state index in [0.29, 0.717) is 11.5 Å². The fourth-order valence-electron chi connectivity index (χ4n) is 5.63. The third-order valence-electron chi connectivity index (χ3n) is 5.70. The molecule has 4 N–H and O–H groups in total. The Hall–Kier alpha value is -1.50. The Kier molecular flexibility index (Phi) is 5.73. The van der Waals surface area contributed by atoms with Crippen LogP contribution < -0.4 is 0 Å². The molecule has 4 bridgehead atoms. The summed E-state index contributed by atoms with van der Waals surface area (Å²) in [6.07, 6.45) is 8.92. The van der Waals surface area contributed by atoms with Crippen molar-refractivity contribution in [1.29, 1.82) is 0 Å². The third-order valence-corrected chi connectivity index (χ3v) is 5.70. The zero-order valence-corrected chi connectivity index (χ0v) is 13.2. The van der Waals surface area contributed by atoms with Crippen molar-refractivity contribution in [3.05, 3.63) is 0 Å². The molecule has 0 aromatic rings. The summed E-state index contributed by atoms with van der Waals surface area (Å²) in [5, 5.41) is 27.9. The third kappa shape index (κ3) is 4.73. The van der Waals surface area contributed by atoms with Gasteiger partial charge in [0.15, 0.2) is 0 Å². The Morgan fingerprint density at radius 2 is 1.22 bits per heavy atom. The lowest BCUT2D eigenvalue weighted by Gasteiger charge is -2.58. The van der Waals surface area contributed by atoms with Crippen molar-refractivity contribution in [2.24, 2.45) is 23.2 Å². The molecule has 1 aliphatic heterocycles. The molecule has 5 rings (SSSR count). The molecule has 0 aromatic heterocycles. The van der Waals surface area contributed by atoms with Crippen LogP contribution in [0.15, 0.2) is 0 Å². The molecule has 23 heavy (non-hydrogen) atoms. The Bertz CT molecular complexity index is 373. The average molecular weight is 330 g/mol. The van der Waals surface area contributed by atoms with Crippen LogP contribution in [0.3, 0.4) is 0 Å². The second kappa shape index (κ2) is 7.38. The summed E-state index contributed by atoms with van der Waals surface area (Å²) in [5.41, 5.74) is 0.658. The van der Waals surface area contributed by atoms with E-state index in [1.54, 1.807) is 19.3 Å². The van der Waals surface area contributed by atoms with Crippen molar-refractivity contribution in [2.75, 3.05) is 6.61 Å². The highest BCUT2D eigenvalue weighted by atomic mass is 16.6. The van der Waals surface area contributed by atoms with Gasteiger partial charge < -0.3 is 25.2 Å². The van der Waals surface area contributed by atoms with E-state index in [0.717, 1.165) is 24.4 Å². The smallest absolute Gasteiger partial charge is 0.450 e. The first kappa shape index (κ1) is 17.8. The van der Waals surface area contributed by atoms with Crippen molar-refractivity contribution in [3.63, 3.8) is 0 Å². The summed E-state index contributed by atoms with van der Waals surface area (Å²) in [6, 6.07) is 0. The van der Waals surface area contributed by atoms with Crippen molar-refractivity contribution < 1.29 is 34.8 Å². The van der Waals surface area contributed by atoms with Gasteiger partial charge in [0.25, 0.3) is 0 Å². The molecule has 1 saturated heterocycles. The molecule has 0 spiro atoms. The molecule has 4 saturated carbocycles. The number of carbonyl (C=O) groups is 2. The van der Waals surface area contributed by atoms with Crippen LogP contribution in [0.4, 0.5) is 9.59 Å². The molecule has 0 aromatic carbocycles. The first-order chi connectivity index (χ1) is 10.8. The standard InChI is InChI=1S/C14H22O.2CH2O3/c1-2-13(15-3-1)14-7-10-4-11(8-14)6-12(5-10)9-14;2*2-1(3)4/h10-13H,1-9H2;2*(H2,2,3,4). The van der Waals surface area contributed by atoms with Crippen LogP contribution in [-0.4, -0.2) is 45.4 Å². The van der Waals surface area contributed by atoms with E-state index in [9.17, 15) is 0 Å². The monoisotopic (exact) mass is 330 g/mol. The summed E-state index contributed by atoms with van der Waals surface area (Å²) >= 11 is 0. The number of hydrogen-bond acceptors (Lipinski definition) is 3. The van der Waals surface area contributed by atoms with Crippen LogP contribution in [0.5, 0.6) is 0 Å². The van der Waals surface area contributed by atoms with Gasteiger partial charge in [0.05, 0.1) is 6.10 Å². The fraction of sp³-hybridized carbons (Fsp3) is 0.875. The molecule has 132 valence electrons. The highest BCUT2D eigenvalue weighted by Gasteiger charge is 2.54. The zero-order chi connectivity index (χ0) is 17.0. The number of carboxylic acid groups (broad SMARTS) is 4. The number of ether oxygens (including phenoxy) is 1. The molecule has 5 fully saturated rings. The summed E-state index contributed by atoms with van der Waals surface area (Å²) < 4.78 is 6.04. The summed E-state index contributed by atoms with van der Waals surface area (Å²) in [4.78, 5) is 17.1. The highest BCUT2D eigenvalue weighted by molar-refractivity contribution is 5.53. The number of rotatable bonds is 1. The summed E-state index contributed by atoms with van der Waals surface area (Å²) in [7, 11) is 0. The predicted molar refractivity (Wildman–Crippen MR) is 80.9 cm³/mol. The molecule has 5 aliphatic rings. The van der Waals surface area contributed by atoms with E-state index < -0.39 is 12.3 Å². The van der Waals surface area contributed by atoms with E-state index >= 15 is 0 Å². The maximum Gasteiger partial charge on any atom is 0.503 e. The largest absolute Gasteiger partial charge is 0.503 e. The van der Waals surface area contributed by atoms with Crippen molar-refractivity contribution >= 4 is 12.3 Å². The van der Waals surface area contributed by atoms with Gasteiger partial charge in [-0.05, 0) is 74.5 Å². The predicted octanol–water partition coefficient (Wildman–Crippen LogP) is 3.83. The van der Waals surface area contributed by atoms with Gasteiger partial charge in [-0.1, -0.05) is 0 Å². The van der Waals surface area contributed by atoms with Crippen molar-refractivity contribution in [2.45, 2.75) is 57.5 Å². The molecule has 1 unspecified atom stereocenters. The quantitative estimate of drug-likeness (QED) is 0.576. The molecule has 7 heteroatoms. The second-order valence-electron chi connectivity index (χ2n) is 7.35. The van der Waals surface area contributed by atoms with Crippen molar-refractivity contribution in [3.8, 4) is 0 Å². The average Bonchev–Trinajstić information content (AvgIpc) is 2.89. The first-order valence-electron chi connectivity index (χ1n) is 8.26. The van der Waals surface area contributed by atoms with Crippen LogP contribution in [-0.2, 0) is 4.74 Å². The normalized spacial score (nSPS) is 39.7. The molecule has 0 amide bonds. The van der Waals surface area contributed by atoms with Crippen molar-refractivity contribution in [1.82, 2.24) is 0 Å². The Morgan fingerprint density at radius 3 is 1.52 bits per heavy atom. The molecule has 0 radical (unpaired) electrons. The zero-order valence-electron chi connectivity index (χ0n) is 13.2. The van der Waals surface area contributed by atoms with E-state index in [-0.39, 0.29) is 0 Å². The molecule has 1 atom stereocenters. The van der Waals surface area contributed by atoms with Gasteiger partial charge in [0.1, 0.15) is 0 Å². The molecular weight excluding hydrogens is 304 g/mol. The summed E-state index contributed by atoms with van der Waals surface area (Å²) in [6.45, 7) is 1.05. The molecular formula is C16H26O7. The van der Waals surface area contributed by atoms with E-state index in [1.165, 1.54) is 32.1 Å². The topological polar surface area (TPSA) is 124 Å². The van der Waals surface area contributed by atoms with E-state index in [1.807, 2.05) is 0 Å². The lowest BCUT2D eigenvalue weighted by molar-refractivity contribution is -0.125. The van der Waals surface area contributed by atoms with Crippen LogP contribution >= 0.6 is 0 Å². The maximum atomic E-state index is 8.56. The lowest BCUT2D eigenvalue weighted by Crippen LogP contribution is -2.51. The van der Waals surface area contributed by atoms with E-state index in [2.05, 4.69) is 0 Å². The fourth-order valence-corrected chi connectivity index (χ4v) is 5.63. The first-order valence-corrected chi connectivity index (χ1v) is 8.26. The Labute approximate surface area is 135 Å². The SMILES string of the molecule is C1COC(C23CC4CC(CC(C4)C2)C3)C1.O=C(O)O.O=C(O)O. The number of hydrogen-bond donors (Lipinski definition) is 4. The van der Waals surface area contributed by atoms with Crippen LogP contribution in [0.25, 0.3) is 0 Å². The van der Waals surface area contributed by atoms with Gasteiger partial charge in [0, 0.05) is 6.61 Å². The molecule has 7 nitrogen and oxygen atoms in total. The van der Waals surface area contributed by atoms with Gasteiger partial charge in [0.2, 0.25) is 0 Å². The summed E-state index contributed by atoms with van der Waals surface area (Å²) in [5.74, 6) is 3.25. The van der Waals surface area contributed by atoms with E-state index in [4.69, 9.17) is 34.8 Å². The maximum absolute atomic E-state index is 8.56. The van der Waals surface area contributed by atoms with Crippen LogP contribution in [0, 0.1) is 23.2 Å².